The Labute approximate surface area is 180 Å². The second-order valence-electron chi connectivity index (χ2n) is 6.96. The van der Waals surface area contributed by atoms with Crippen molar-refractivity contribution in [2.75, 3.05) is 11.9 Å². The SMILES string of the molecule is CCC(=O)N(C)c1ccc(-c2ccc(C(=O)CCc3ccc(Cl)nc3)cc2)c(F)c1. The number of aryl methyl sites for hydroxylation is 1. The molecule has 0 N–H and O–H groups in total. The van der Waals surface area contributed by atoms with Crippen LogP contribution in [0.25, 0.3) is 11.1 Å². The summed E-state index contributed by atoms with van der Waals surface area (Å²) in [6.07, 6.45) is 2.94. The Bertz CT molecular complexity index is 1050. The van der Waals surface area contributed by atoms with E-state index in [-0.39, 0.29) is 11.7 Å². The number of anilines is 1. The number of hydrogen-bond acceptors (Lipinski definition) is 3. The Morgan fingerprint density at radius 2 is 1.80 bits per heavy atom. The molecular weight excluding hydrogens is 403 g/mol. The van der Waals surface area contributed by atoms with Gasteiger partial charge in [0.25, 0.3) is 0 Å². The van der Waals surface area contributed by atoms with Crippen LogP contribution in [0.1, 0.15) is 35.7 Å². The number of amides is 1. The summed E-state index contributed by atoms with van der Waals surface area (Å²) in [5, 5.41) is 0.421. The summed E-state index contributed by atoms with van der Waals surface area (Å²) in [7, 11) is 1.63. The van der Waals surface area contributed by atoms with Crippen molar-refractivity contribution in [1.29, 1.82) is 0 Å². The largest absolute Gasteiger partial charge is 0.315 e. The molecule has 0 spiro atoms. The summed E-state index contributed by atoms with van der Waals surface area (Å²) >= 11 is 5.77. The molecule has 1 heterocycles. The summed E-state index contributed by atoms with van der Waals surface area (Å²) in [5.41, 5.74) is 3.11. The smallest absolute Gasteiger partial charge is 0.226 e. The van der Waals surface area contributed by atoms with Crippen LogP contribution in [0.3, 0.4) is 0 Å². The first-order chi connectivity index (χ1) is 14.4. The first-order valence-corrected chi connectivity index (χ1v) is 10.1. The van der Waals surface area contributed by atoms with E-state index >= 15 is 0 Å². The Hall–Kier alpha value is -3.05. The van der Waals surface area contributed by atoms with Crippen LogP contribution in [0.2, 0.25) is 5.15 Å². The minimum Gasteiger partial charge on any atom is -0.315 e. The molecule has 1 aromatic heterocycles. The lowest BCUT2D eigenvalue weighted by Crippen LogP contribution is -2.25. The maximum atomic E-state index is 14.6. The van der Waals surface area contributed by atoms with E-state index in [1.54, 1.807) is 62.6 Å². The fraction of sp³-hybridized carbons (Fsp3) is 0.208. The van der Waals surface area contributed by atoms with Gasteiger partial charge in [0.05, 0.1) is 0 Å². The van der Waals surface area contributed by atoms with Crippen molar-refractivity contribution in [2.45, 2.75) is 26.2 Å². The highest BCUT2D eigenvalue weighted by Crippen LogP contribution is 2.27. The van der Waals surface area contributed by atoms with Gasteiger partial charge in [-0.05, 0) is 41.8 Å². The third kappa shape index (κ3) is 5.10. The van der Waals surface area contributed by atoms with E-state index in [1.807, 2.05) is 6.07 Å². The average Bonchev–Trinajstić information content (AvgIpc) is 2.77. The highest BCUT2D eigenvalue weighted by atomic mass is 35.5. The van der Waals surface area contributed by atoms with Crippen molar-refractivity contribution in [3.63, 3.8) is 0 Å². The van der Waals surface area contributed by atoms with Crippen molar-refractivity contribution in [3.8, 4) is 11.1 Å². The molecule has 3 aromatic rings. The molecule has 0 saturated carbocycles. The molecule has 0 atom stereocenters. The molecule has 0 unspecified atom stereocenters. The van der Waals surface area contributed by atoms with Gasteiger partial charge in [-0.25, -0.2) is 9.37 Å². The monoisotopic (exact) mass is 424 g/mol. The van der Waals surface area contributed by atoms with E-state index < -0.39 is 5.82 Å². The van der Waals surface area contributed by atoms with Gasteiger partial charge in [0.2, 0.25) is 5.91 Å². The van der Waals surface area contributed by atoms with Gasteiger partial charge in [0.1, 0.15) is 11.0 Å². The number of benzene rings is 2. The predicted octanol–water partition coefficient (Wildman–Crippen LogP) is 5.73. The van der Waals surface area contributed by atoms with Crippen LogP contribution in [0.15, 0.2) is 60.8 Å². The molecule has 0 aliphatic rings. The molecule has 4 nitrogen and oxygen atoms in total. The molecular formula is C24H22ClFN2O2. The summed E-state index contributed by atoms with van der Waals surface area (Å²) in [6.45, 7) is 1.76. The summed E-state index contributed by atoms with van der Waals surface area (Å²) < 4.78 is 14.6. The van der Waals surface area contributed by atoms with Crippen LogP contribution in [-0.2, 0) is 11.2 Å². The molecule has 1 amide bonds. The van der Waals surface area contributed by atoms with E-state index in [4.69, 9.17) is 11.6 Å². The highest BCUT2D eigenvalue weighted by Gasteiger charge is 2.13. The second kappa shape index (κ2) is 9.63. The average molecular weight is 425 g/mol. The fourth-order valence-corrected chi connectivity index (χ4v) is 3.23. The molecule has 30 heavy (non-hydrogen) atoms. The van der Waals surface area contributed by atoms with Gasteiger partial charge < -0.3 is 4.90 Å². The Balaban J connectivity index is 1.69. The van der Waals surface area contributed by atoms with Gasteiger partial charge in [0.15, 0.2) is 5.78 Å². The topological polar surface area (TPSA) is 50.3 Å². The number of hydrogen-bond donors (Lipinski definition) is 0. The minimum absolute atomic E-state index is 0.00650. The highest BCUT2D eigenvalue weighted by molar-refractivity contribution is 6.29. The van der Waals surface area contributed by atoms with Crippen LogP contribution < -0.4 is 4.90 Å². The van der Waals surface area contributed by atoms with Crippen LogP contribution in [0, 0.1) is 5.82 Å². The standard InChI is InChI=1S/C24H22ClFN2O2/c1-3-24(30)28(2)19-10-11-20(21(26)14-19)17-6-8-18(9-7-17)22(29)12-4-16-5-13-23(25)27-15-16/h5-11,13-15H,3-4,12H2,1-2H3. The van der Waals surface area contributed by atoms with Crippen molar-refractivity contribution < 1.29 is 14.0 Å². The number of rotatable bonds is 7. The number of nitrogens with zero attached hydrogens (tertiary/aromatic N) is 2. The number of pyridine rings is 1. The summed E-state index contributed by atoms with van der Waals surface area (Å²) in [4.78, 5) is 29.7. The predicted molar refractivity (Wildman–Crippen MR) is 117 cm³/mol. The maximum absolute atomic E-state index is 14.6. The van der Waals surface area contributed by atoms with E-state index in [0.717, 1.165) is 5.56 Å². The second-order valence-corrected chi connectivity index (χ2v) is 7.35. The first kappa shape index (κ1) is 21.7. The lowest BCUT2D eigenvalue weighted by atomic mass is 9.99. The Morgan fingerprint density at radius 1 is 1.07 bits per heavy atom. The molecule has 0 saturated heterocycles. The lowest BCUT2D eigenvalue weighted by Gasteiger charge is -2.17. The van der Waals surface area contributed by atoms with Gasteiger partial charge in [0, 0.05) is 42.9 Å². The van der Waals surface area contributed by atoms with Gasteiger partial charge in [-0.2, -0.15) is 0 Å². The van der Waals surface area contributed by atoms with Crippen LogP contribution in [0.5, 0.6) is 0 Å². The van der Waals surface area contributed by atoms with Gasteiger partial charge in [-0.3, -0.25) is 9.59 Å². The first-order valence-electron chi connectivity index (χ1n) is 9.69. The number of carbonyl (C=O) groups is 2. The Kier molecular flexibility index (Phi) is 6.95. The van der Waals surface area contributed by atoms with Crippen LogP contribution in [-0.4, -0.2) is 23.7 Å². The van der Waals surface area contributed by atoms with Gasteiger partial charge >= 0.3 is 0 Å². The zero-order chi connectivity index (χ0) is 21.7. The van der Waals surface area contributed by atoms with E-state index in [0.29, 0.717) is 46.8 Å². The molecule has 6 heteroatoms. The van der Waals surface area contributed by atoms with E-state index in [1.165, 1.54) is 11.0 Å². The number of ketones is 1. The number of carbonyl (C=O) groups excluding carboxylic acids is 2. The van der Waals surface area contributed by atoms with Crippen molar-refractivity contribution in [2.24, 2.45) is 0 Å². The Morgan fingerprint density at radius 3 is 2.40 bits per heavy atom. The fourth-order valence-electron chi connectivity index (χ4n) is 3.12. The zero-order valence-corrected chi connectivity index (χ0v) is 17.6. The zero-order valence-electron chi connectivity index (χ0n) is 16.9. The molecule has 0 aliphatic carbocycles. The normalized spacial score (nSPS) is 10.7. The maximum Gasteiger partial charge on any atom is 0.226 e. The number of Topliss-reactive ketones (excluding diaryl/α,β-unsaturated/α-hetero) is 1. The van der Waals surface area contributed by atoms with Crippen LogP contribution in [0.4, 0.5) is 10.1 Å². The summed E-state index contributed by atoms with van der Waals surface area (Å²) in [6, 6.07) is 15.1. The molecule has 0 radical (unpaired) electrons. The van der Waals surface area contributed by atoms with E-state index in [2.05, 4.69) is 4.98 Å². The molecule has 2 aromatic carbocycles. The molecule has 3 rings (SSSR count). The number of halogens is 2. The summed E-state index contributed by atoms with van der Waals surface area (Å²) in [5.74, 6) is -0.496. The van der Waals surface area contributed by atoms with Gasteiger partial charge in [-0.15, -0.1) is 0 Å². The van der Waals surface area contributed by atoms with Gasteiger partial charge in [-0.1, -0.05) is 48.9 Å². The van der Waals surface area contributed by atoms with Crippen molar-refractivity contribution in [1.82, 2.24) is 4.98 Å². The molecule has 0 bridgehead atoms. The van der Waals surface area contributed by atoms with Crippen molar-refractivity contribution >= 4 is 29.0 Å². The van der Waals surface area contributed by atoms with E-state index in [9.17, 15) is 14.0 Å². The molecule has 0 aliphatic heterocycles. The number of aromatic nitrogens is 1. The third-order valence-electron chi connectivity index (χ3n) is 4.96. The lowest BCUT2D eigenvalue weighted by molar-refractivity contribution is -0.118. The quantitative estimate of drug-likeness (QED) is 0.359. The van der Waals surface area contributed by atoms with Crippen LogP contribution >= 0.6 is 11.6 Å². The third-order valence-corrected chi connectivity index (χ3v) is 5.19. The molecule has 154 valence electrons. The molecule has 0 fully saturated rings. The van der Waals surface area contributed by atoms with Crippen molar-refractivity contribution in [3.05, 3.63) is 82.9 Å². The minimum atomic E-state index is -0.419.